The summed E-state index contributed by atoms with van der Waals surface area (Å²) >= 11 is 4.26. The number of rotatable bonds is 1. The van der Waals surface area contributed by atoms with E-state index in [0.717, 1.165) is 11.1 Å². The van der Waals surface area contributed by atoms with Gasteiger partial charge in [-0.05, 0) is 11.1 Å². The number of carbonyl (C=O) groups excluding carboxylic acids is 1. The van der Waals surface area contributed by atoms with Gasteiger partial charge >= 0.3 is 0 Å². The van der Waals surface area contributed by atoms with Crippen molar-refractivity contribution in [2.75, 3.05) is 0 Å². The minimum atomic E-state index is -0.171. The first kappa shape index (κ1) is 8.38. The largest absolute Gasteiger partial charge is 0.337 e. The molecule has 0 aromatic heterocycles. The highest BCUT2D eigenvalue weighted by molar-refractivity contribution is 7.81. The first-order chi connectivity index (χ1) is 6.27. The number of carbonyl (C=O) groups is 1. The van der Waals surface area contributed by atoms with E-state index < -0.39 is 0 Å². The number of amides is 1. The zero-order chi connectivity index (χ0) is 9.26. The molecule has 1 aromatic carbocycles. The second-order valence-corrected chi connectivity index (χ2v) is 3.39. The Kier molecular flexibility index (Phi) is 2.10. The van der Waals surface area contributed by atoms with Crippen LogP contribution in [0.2, 0.25) is 0 Å². The molecule has 1 unspecified atom stereocenters. The first-order valence-corrected chi connectivity index (χ1v) is 4.54. The Morgan fingerprint density at radius 3 is 2.46 bits per heavy atom. The molecule has 1 atom stereocenters. The zero-order valence-corrected chi connectivity index (χ0v) is 7.79. The van der Waals surface area contributed by atoms with Crippen molar-refractivity contribution in [3.8, 4) is 0 Å². The molecule has 1 aromatic rings. The van der Waals surface area contributed by atoms with Crippen LogP contribution in [0.25, 0.3) is 5.57 Å². The summed E-state index contributed by atoms with van der Waals surface area (Å²) in [7, 11) is 0. The first-order valence-electron chi connectivity index (χ1n) is 4.03. The third kappa shape index (κ3) is 1.60. The molecule has 1 N–H and O–H groups in total. The Balaban J connectivity index is 2.37. The quantitative estimate of drug-likeness (QED) is 0.646. The molecule has 0 fully saturated rings. The molecule has 1 heterocycles. The summed E-state index contributed by atoms with van der Waals surface area (Å²) in [6.07, 6.45) is 1.59. The van der Waals surface area contributed by atoms with Gasteiger partial charge in [0.25, 0.3) is 0 Å². The summed E-state index contributed by atoms with van der Waals surface area (Å²) in [5.74, 6) is -0.0705. The van der Waals surface area contributed by atoms with Crippen LogP contribution in [0, 0.1) is 0 Å². The van der Waals surface area contributed by atoms with Crippen molar-refractivity contribution in [2.24, 2.45) is 0 Å². The standard InChI is InChI=1S/C10H9NOS/c12-9-6-8(10(13)11-9)7-4-2-1-3-5-7/h1-6,10,13H,(H,11,12). The number of hydrogen-bond donors (Lipinski definition) is 2. The van der Waals surface area contributed by atoms with Gasteiger partial charge in [0.15, 0.2) is 0 Å². The van der Waals surface area contributed by atoms with Crippen LogP contribution in [-0.4, -0.2) is 11.3 Å². The monoisotopic (exact) mass is 191 g/mol. The Morgan fingerprint density at radius 1 is 1.23 bits per heavy atom. The lowest BCUT2D eigenvalue weighted by molar-refractivity contribution is -0.115. The van der Waals surface area contributed by atoms with Crippen LogP contribution >= 0.6 is 12.6 Å². The highest BCUT2D eigenvalue weighted by Crippen LogP contribution is 2.23. The molecule has 1 amide bonds. The van der Waals surface area contributed by atoms with E-state index in [1.807, 2.05) is 30.3 Å². The van der Waals surface area contributed by atoms with E-state index in [1.54, 1.807) is 6.08 Å². The number of benzene rings is 1. The highest BCUT2D eigenvalue weighted by atomic mass is 32.1. The Morgan fingerprint density at radius 2 is 1.92 bits per heavy atom. The van der Waals surface area contributed by atoms with E-state index >= 15 is 0 Å². The Bertz CT molecular complexity index is 358. The third-order valence-electron chi connectivity index (χ3n) is 1.97. The van der Waals surface area contributed by atoms with Crippen molar-refractivity contribution >= 4 is 24.1 Å². The van der Waals surface area contributed by atoms with Gasteiger partial charge in [-0.15, -0.1) is 12.6 Å². The van der Waals surface area contributed by atoms with Crippen molar-refractivity contribution in [2.45, 2.75) is 5.37 Å². The summed E-state index contributed by atoms with van der Waals surface area (Å²) in [6.45, 7) is 0. The lowest BCUT2D eigenvalue weighted by atomic mass is 10.1. The normalized spacial score (nSPS) is 21.2. The molecule has 66 valence electrons. The summed E-state index contributed by atoms with van der Waals surface area (Å²) in [5, 5.41) is 2.53. The van der Waals surface area contributed by atoms with Crippen molar-refractivity contribution in [3.05, 3.63) is 42.0 Å². The highest BCUT2D eigenvalue weighted by Gasteiger charge is 2.20. The van der Waals surface area contributed by atoms with Gasteiger partial charge in [0.1, 0.15) is 0 Å². The molecule has 0 saturated carbocycles. The molecule has 0 aliphatic carbocycles. The maximum absolute atomic E-state index is 11.0. The van der Waals surface area contributed by atoms with Crippen LogP contribution in [-0.2, 0) is 4.79 Å². The predicted octanol–water partition coefficient (Wildman–Crippen LogP) is 1.46. The summed E-state index contributed by atoms with van der Waals surface area (Å²) < 4.78 is 0. The maximum Gasteiger partial charge on any atom is 0.245 e. The summed E-state index contributed by atoms with van der Waals surface area (Å²) in [6, 6.07) is 9.77. The number of nitrogens with one attached hydrogen (secondary N) is 1. The Labute approximate surface area is 82.1 Å². The predicted molar refractivity (Wildman–Crippen MR) is 55.3 cm³/mol. The second-order valence-electron chi connectivity index (χ2n) is 2.88. The van der Waals surface area contributed by atoms with Crippen molar-refractivity contribution in [1.29, 1.82) is 0 Å². The maximum atomic E-state index is 11.0. The SMILES string of the molecule is O=C1C=C(c2ccccc2)C(S)N1. The lowest BCUT2D eigenvalue weighted by Crippen LogP contribution is -2.22. The third-order valence-corrected chi connectivity index (χ3v) is 2.37. The van der Waals surface area contributed by atoms with Gasteiger partial charge in [-0.2, -0.15) is 0 Å². The van der Waals surface area contributed by atoms with E-state index in [1.165, 1.54) is 0 Å². The molecule has 3 heteroatoms. The molecule has 1 aliphatic rings. The lowest BCUT2D eigenvalue weighted by Gasteiger charge is -2.07. The number of hydrogen-bond acceptors (Lipinski definition) is 2. The summed E-state index contributed by atoms with van der Waals surface area (Å²) in [5.41, 5.74) is 1.98. The van der Waals surface area contributed by atoms with Crippen LogP contribution < -0.4 is 5.32 Å². The second kappa shape index (κ2) is 3.26. The van der Waals surface area contributed by atoms with E-state index in [2.05, 4.69) is 17.9 Å². The van der Waals surface area contributed by atoms with E-state index in [0.29, 0.717) is 0 Å². The van der Waals surface area contributed by atoms with Gasteiger partial charge in [-0.1, -0.05) is 30.3 Å². The minimum Gasteiger partial charge on any atom is -0.337 e. The molecule has 2 rings (SSSR count). The number of thiol groups is 1. The average Bonchev–Trinajstić information content (AvgIpc) is 2.47. The van der Waals surface area contributed by atoms with Gasteiger partial charge in [0, 0.05) is 6.08 Å². The Hall–Kier alpha value is -1.22. The average molecular weight is 191 g/mol. The molecule has 1 aliphatic heterocycles. The molecule has 0 saturated heterocycles. The van der Waals surface area contributed by atoms with Gasteiger partial charge in [-0.3, -0.25) is 4.79 Å². The molecule has 0 spiro atoms. The van der Waals surface area contributed by atoms with Crippen LogP contribution in [0.5, 0.6) is 0 Å². The minimum absolute atomic E-state index is 0.0705. The van der Waals surface area contributed by atoms with Gasteiger partial charge in [-0.25, -0.2) is 0 Å². The van der Waals surface area contributed by atoms with E-state index in [4.69, 9.17) is 0 Å². The van der Waals surface area contributed by atoms with Gasteiger partial charge < -0.3 is 5.32 Å². The molecule has 0 radical (unpaired) electrons. The van der Waals surface area contributed by atoms with Crippen LogP contribution in [0.3, 0.4) is 0 Å². The van der Waals surface area contributed by atoms with Crippen LogP contribution in [0.4, 0.5) is 0 Å². The zero-order valence-electron chi connectivity index (χ0n) is 6.90. The van der Waals surface area contributed by atoms with Crippen molar-refractivity contribution in [1.82, 2.24) is 5.32 Å². The van der Waals surface area contributed by atoms with Crippen molar-refractivity contribution < 1.29 is 4.79 Å². The van der Waals surface area contributed by atoms with Crippen molar-refractivity contribution in [3.63, 3.8) is 0 Å². The summed E-state index contributed by atoms with van der Waals surface area (Å²) in [4.78, 5) is 11.0. The molecule has 13 heavy (non-hydrogen) atoms. The van der Waals surface area contributed by atoms with E-state index in [-0.39, 0.29) is 11.3 Å². The fourth-order valence-corrected chi connectivity index (χ4v) is 1.70. The molecular formula is C10H9NOS. The smallest absolute Gasteiger partial charge is 0.245 e. The topological polar surface area (TPSA) is 29.1 Å². The fraction of sp³-hybridized carbons (Fsp3) is 0.100. The fourth-order valence-electron chi connectivity index (χ4n) is 1.35. The van der Waals surface area contributed by atoms with Gasteiger partial charge in [0.05, 0.1) is 5.37 Å². The van der Waals surface area contributed by atoms with E-state index in [9.17, 15) is 4.79 Å². The van der Waals surface area contributed by atoms with Gasteiger partial charge in [0.2, 0.25) is 5.91 Å². The molecular weight excluding hydrogens is 182 g/mol. The molecule has 2 nitrogen and oxygen atoms in total. The van der Waals surface area contributed by atoms with Crippen LogP contribution in [0.15, 0.2) is 36.4 Å². The van der Waals surface area contributed by atoms with Crippen LogP contribution in [0.1, 0.15) is 5.56 Å². The molecule has 0 bridgehead atoms.